The molecule has 2 N–H and O–H groups in total. The van der Waals surface area contributed by atoms with Gasteiger partial charge in [0.2, 0.25) is 0 Å². The number of fused-ring (bicyclic) bond motifs is 1. The monoisotopic (exact) mass is 357 g/mol. The molecule has 2 aromatic carbocycles. The summed E-state index contributed by atoms with van der Waals surface area (Å²) in [5.41, 5.74) is 1.75. The van der Waals surface area contributed by atoms with E-state index in [0.29, 0.717) is 10.4 Å². The van der Waals surface area contributed by atoms with Crippen LogP contribution in [0.2, 0.25) is 5.02 Å². The summed E-state index contributed by atoms with van der Waals surface area (Å²) in [6.45, 7) is 1.44. The van der Waals surface area contributed by atoms with Crippen LogP contribution in [0.25, 0.3) is 10.9 Å². The molecular formula is C18H16ClN3O3. The van der Waals surface area contributed by atoms with Crippen molar-refractivity contribution in [1.82, 2.24) is 15.5 Å². The number of rotatable bonds is 5. The number of carbonyl (C=O) groups is 2. The highest BCUT2D eigenvalue weighted by Gasteiger charge is 2.17. The van der Waals surface area contributed by atoms with Crippen LogP contribution in [0.15, 0.2) is 48.5 Å². The van der Waals surface area contributed by atoms with Gasteiger partial charge in [-0.05, 0) is 30.7 Å². The number of aromatic nitrogens is 2. The average Bonchev–Trinajstić information content (AvgIpc) is 3.04. The summed E-state index contributed by atoms with van der Waals surface area (Å²) in [5, 5.41) is 10.7. The van der Waals surface area contributed by atoms with E-state index in [1.165, 1.54) is 0 Å². The first-order valence-electron chi connectivity index (χ1n) is 7.69. The molecule has 1 aromatic heterocycles. The molecule has 0 fully saturated rings. The molecule has 6 nitrogen and oxygen atoms in total. The molecule has 0 saturated heterocycles. The molecule has 0 unspecified atom stereocenters. The topological polar surface area (TPSA) is 84.1 Å². The third-order valence-electron chi connectivity index (χ3n) is 3.72. The zero-order chi connectivity index (χ0) is 17.8. The Morgan fingerprint density at radius 3 is 2.84 bits per heavy atom. The predicted molar refractivity (Wildman–Crippen MR) is 94.4 cm³/mol. The van der Waals surface area contributed by atoms with Crippen LogP contribution in [0.1, 0.15) is 29.0 Å². The number of aromatic amines is 1. The molecule has 0 aliphatic rings. The molecule has 0 aliphatic carbocycles. The van der Waals surface area contributed by atoms with Crippen molar-refractivity contribution in [2.75, 3.05) is 6.61 Å². The number of hydrogen-bond acceptors (Lipinski definition) is 4. The zero-order valence-electron chi connectivity index (χ0n) is 13.5. The van der Waals surface area contributed by atoms with Gasteiger partial charge in [0.1, 0.15) is 0 Å². The van der Waals surface area contributed by atoms with Crippen molar-refractivity contribution in [2.45, 2.75) is 13.0 Å². The third-order valence-corrected chi connectivity index (χ3v) is 3.96. The van der Waals surface area contributed by atoms with Crippen LogP contribution in [0.4, 0.5) is 0 Å². The fraction of sp³-hybridized carbons (Fsp3) is 0.167. The van der Waals surface area contributed by atoms with Crippen molar-refractivity contribution >= 4 is 34.4 Å². The van der Waals surface area contributed by atoms with Gasteiger partial charge in [-0.15, -0.1) is 0 Å². The minimum atomic E-state index is -0.650. The van der Waals surface area contributed by atoms with Gasteiger partial charge in [0.15, 0.2) is 12.3 Å². The molecular weight excluding hydrogens is 342 g/mol. The third kappa shape index (κ3) is 3.97. The van der Waals surface area contributed by atoms with E-state index in [-0.39, 0.29) is 18.3 Å². The first-order valence-corrected chi connectivity index (χ1v) is 8.07. The minimum absolute atomic E-state index is 0.159. The van der Waals surface area contributed by atoms with Crippen molar-refractivity contribution in [1.29, 1.82) is 0 Å². The van der Waals surface area contributed by atoms with Gasteiger partial charge in [-0.3, -0.25) is 9.89 Å². The Hall–Kier alpha value is -2.86. The highest BCUT2D eigenvalue weighted by atomic mass is 35.5. The first-order chi connectivity index (χ1) is 12.0. The lowest BCUT2D eigenvalue weighted by Gasteiger charge is -2.14. The molecule has 0 radical (unpaired) electrons. The van der Waals surface area contributed by atoms with Crippen LogP contribution in [0, 0.1) is 0 Å². The fourth-order valence-corrected chi connectivity index (χ4v) is 2.66. The van der Waals surface area contributed by atoms with E-state index < -0.39 is 11.9 Å². The number of carbonyl (C=O) groups excluding carboxylic acids is 2. The fourth-order valence-electron chi connectivity index (χ4n) is 2.46. The first kappa shape index (κ1) is 17.0. The van der Waals surface area contributed by atoms with Crippen LogP contribution in [0.3, 0.4) is 0 Å². The summed E-state index contributed by atoms with van der Waals surface area (Å²) < 4.78 is 5.06. The van der Waals surface area contributed by atoms with Gasteiger partial charge in [-0.2, -0.15) is 5.10 Å². The Labute approximate surface area is 149 Å². The predicted octanol–water partition coefficient (Wildman–Crippen LogP) is 3.25. The quantitative estimate of drug-likeness (QED) is 0.686. The number of H-pyrrole nitrogens is 1. The second-order valence-electron chi connectivity index (χ2n) is 5.54. The Bertz CT molecular complexity index is 923. The smallest absolute Gasteiger partial charge is 0.359 e. The normalized spacial score (nSPS) is 11.9. The van der Waals surface area contributed by atoms with Crippen LogP contribution < -0.4 is 5.32 Å². The number of halogens is 1. The second kappa shape index (κ2) is 7.36. The number of amides is 1. The Morgan fingerprint density at radius 1 is 1.24 bits per heavy atom. The maximum absolute atomic E-state index is 12.1. The van der Waals surface area contributed by atoms with E-state index >= 15 is 0 Å². The second-order valence-corrected chi connectivity index (χ2v) is 5.97. The Morgan fingerprint density at radius 2 is 2.04 bits per heavy atom. The molecule has 1 amide bonds. The lowest BCUT2D eigenvalue weighted by molar-refractivity contribution is -0.124. The summed E-state index contributed by atoms with van der Waals surface area (Å²) in [6, 6.07) is 14.1. The molecule has 1 heterocycles. The minimum Gasteiger partial charge on any atom is -0.451 e. The summed E-state index contributed by atoms with van der Waals surface area (Å²) >= 11 is 5.94. The van der Waals surface area contributed by atoms with Crippen molar-refractivity contribution in [3.8, 4) is 0 Å². The highest BCUT2D eigenvalue weighted by molar-refractivity contribution is 6.30. The molecule has 3 rings (SSSR count). The van der Waals surface area contributed by atoms with Crippen molar-refractivity contribution in [2.24, 2.45) is 0 Å². The molecule has 0 bridgehead atoms. The summed E-state index contributed by atoms with van der Waals surface area (Å²) in [4.78, 5) is 24.1. The van der Waals surface area contributed by atoms with Gasteiger partial charge < -0.3 is 10.1 Å². The van der Waals surface area contributed by atoms with Gasteiger partial charge in [0, 0.05) is 10.4 Å². The maximum atomic E-state index is 12.1. The molecule has 0 spiro atoms. The van der Waals surface area contributed by atoms with Crippen LogP contribution in [-0.4, -0.2) is 28.7 Å². The van der Waals surface area contributed by atoms with E-state index in [9.17, 15) is 9.59 Å². The number of ether oxygens (including phenoxy) is 1. The summed E-state index contributed by atoms with van der Waals surface area (Å²) in [6.07, 6.45) is 0. The average molecular weight is 358 g/mol. The van der Waals surface area contributed by atoms with Crippen molar-refractivity contribution in [3.63, 3.8) is 0 Å². The number of para-hydroxylation sites is 1. The van der Waals surface area contributed by atoms with Gasteiger partial charge in [0.25, 0.3) is 5.91 Å². The Kier molecular flexibility index (Phi) is 5.00. The highest BCUT2D eigenvalue weighted by Crippen LogP contribution is 2.18. The molecule has 7 heteroatoms. The van der Waals surface area contributed by atoms with E-state index in [2.05, 4.69) is 15.5 Å². The molecule has 25 heavy (non-hydrogen) atoms. The van der Waals surface area contributed by atoms with Crippen molar-refractivity contribution in [3.05, 3.63) is 64.8 Å². The SMILES string of the molecule is C[C@H](NC(=O)COC(=O)c1n[nH]c2ccccc12)c1cccc(Cl)c1. The lowest BCUT2D eigenvalue weighted by atomic mass is 10.1. The molecule has 0 saturated carbocycles. The number of nitrogens with one attached hydrogen (secondary N) is 2. The Balaban J connectivity index is 1.57. The number of nitrogens with zero attached hydrogens (tertiary/aromatic N) is 1. The number of benzene rings is 2. The number of hydrogen-bond donors (Lipinski definition) is 2. The van der Waals surface area contributed by atoms with Gasteiger partial charge in [-0.1, -0.05) is 41.9 Å². The van der Waals surface area contributed by atoms with E-state index in [4.69, 9.17) is 16.3 Å². The molecule has 128 valence electrons. The summed E-state index contributed by atoms with van der Waals surface area (Å²) in [5.74, 6) is -1.05. The van der Waals surface area contributed by atoms with Crippen LogP contribution in [0.5, 0.6) is 0 Å². The molecule has 1 atom stereocenters. The van der Waals surface area contributed by atoms with Gasteiger partial charge in [0.05, 0.1) is 11.6 Å². The van der Waals surface area contributed by atoms with E-state index in [1.807, 2.05) is 25.1 Å². The summed E-state index contributed by atoms with van der Waals surface area (Å²) in [7, 11) is 0. The molecule has 3 aromatic rings. The van der Waals surface area contributed by atoms with Crippen LogP contribution in [-0.2, 0) is 9.53 Å². The van der Waals surface area contributed by atoms with E-state index in [0.717, 1.165) is 11.1 Å². The van der Waals surface area contributed by atoms with Gasteiger partial charge in [-0.25, -0.2) is 4.79 Å². The van der Waals surface area contributed by atoms with Crippen molar-refractivity contribution < 1.29 is 14.3 Å². The van der Waals surface area contributed by atoms with E-state index in [1.54, 1.807) is 30.3 Å². The lowest BCUT2D eigenvalue weighted by Crippen LogP contribution is -2.31. The zero-order valence-corrected chi connectivity index (χ0v) is 14.2. The van der Waals surface area contributed by atoms with Gasteiger partial charge >= 0.3 is 5.97 Å². The molecule has 0 aliphatic heterocycles. The number of esters is 1. The van der Waals surface area contributed by atoms with Crippen LogP contribution >= 0.6 is 11.6 Å². The standard InChI is InChI=1S/C18H16ClN3O3/c1-11(12-5-4-6-13(19)9-12)20-16(23)10-25-18(24)17-14-7-2-3-8-15(14)21-22-17/h2-9,11H,10H2,1H3,(H,20,23)(H,21,22)/t11-/m0/s1. The largest absolute Gasteiger partial charge is 0.451 e. The maximum Gasteiger partial charge on any atom is 0.359 e.